The molecule has 1 atom stereocenters. The molecule has 5 rings (SSSR count). The third kappa shape index (κ3) is 6.21. The number of aromatic amines is 2. The number of halogens is 2. The van der Waals surface area contributed by atoms with Gasteiger partial charge in [0.1, 0.15) is 11.9 Å². The number of carboxylic acid groups (broad SMARTS) is 1. The number of fused-ring (bicyclic) bond motifs is 1. The number of carboxylic acids is 1. The molecule has 41 heavy (non-hydrogen) atoms. The Balaban J connectivity index is 1.26. The highest BCUT2D eigenvalue weighted by Crippen LogP contribution is 2.33. The molecule has 2 aromatic heterocycles. The molecule has 11 nitrogen and oxygen atoms in total. The van der Waals surface area contributed by atoms with Gasteiger partial charge in [0.15, 0.2) is 0 Å². The van der Waals surface area contributed by atoms with Crippen LogP contribution in [0, 0.1) is 0 Å². The first kappa shape index (κ1) is 28.2. The number of nitrogens with one attached hydrogen (secondary N) is 4. The Labute approximate surface area is 243 Å². The summed E-state index contributed by atoms with van der Waals surface area (Å²) in [4.78, 5) is 61.0. The molecule has 1 aliphatic rings. The van der Waals surface area contributed by atoms with Gasteiger partial charge in [-0.2, -0.15) is 4.98 Å². The average molecular weight is 597 g/mol. The predicted molar refractivity (Wildman–Crippen MR) is 155 cm³/mol. The summed E-state index contributed by atoms with van der Waals surface area (Å²) in [5.74, 6) is -1.91. The molecule has 1 fully saturated rings. The summed E-state index contributed by atoms with van der Waals surface area (Å²) in [5, 5.41) is 16.3. The van der Waals surface area contributed by atoms with Gasteiger partial charge in [-0.3, -0.25) is 4.79 Å². The lowest BCUT2D eigenvalue weighted by atomic mass is 9.89. The summed E-state index contributed by atoms with van der Waals surface area (Å²) >= 11 is 12.2. The van der Waals surface area contributed by atoms with Crippen LogP contribution < -0.4 is 16.3 Å². The maximum atomic E-state index is 13.1. The summed E-state index contributed by atoms with van der Waals surface area (Å²) in [6.45, 7) is 0.922. The highest BCUT2D eigenvalue weighted by atomic mass is 35.5. The first-order chi connectivity index (χ1) is 19.7. The van der Waals surface area contributed by atoms with Gasteiger partial charge in [-0.1, -0.05) is 47.5 Å². The quantitative estimate of drug-likeness (QED) is 0.212. The van der Waals surface area contributed by atoms with E-state index in [9.17, 15) is 24.3 Å². The van der Waals surface area contributed by atoms with Crippen LogP contribution in [0.2, 0.25) is 10.0 Å². The summed E-state index contributed by atoms with van der Waals surface area (Å²) in [6.07, 6.45) is 4.46. The number of carbonyl (C=O) groups excluding carboxylic acids is 2. The number of H-pyrrole nitrogens is 2. The number of piperidine rings is 1. The second-order valence-electron chi connectivity index (χ2n) is 9.73. The Morgan fingerprint density at radius 3 is 2.44 bits per heavy atom. The molecule has 212 valence electrons. The number of benzene rings is 2. The number of carbonyl (C=O) groups is 3. The molecule has 2 aromatic carbocycles. The molecular formula is C28H26Cl2N6O5. The zero-order valence-corrected chi connectivity index (χ0v) is 23.1. The van der Waals surface area contributed by atoms with Crippen LogP contribution in [0.1, 0.15) is 40.2 Å². The van der Waals surface area contributed by atoms with Gasteiger partial charge in [-0.05, 0) is 42.5 Å². The molecule has 0 radical (unpaired) electrons. The van der Waals surface area contributed by atoms with Gasteiger partial charge in [-0.25, -0.2) is 14.4 Å². The molecule has 0 saturated carbocycles. The molecule has 4 aromatic rings. The largest absolute Gasteiger partial charge is 0.480 e. The van der Waals surface area contributed by atoms with Crippen LogP contribution in [0.3, 0.4) is 0 Å². The minimum atomic E-state index is -1.36. The van der Waals surface area contributed by atoms with Gasteiger partial charge < -0.3 is 30.6 Å². The Morgan fingerprint density at radius 1 is 1.02 bits per heavy atom. The number of urea groups is 1. The van der Waals surface area contributed by atoms with Crippen molar-refractivity contribution in [1.29, 1.82) is 0 Å². The van der Waals surface area contributed by atoms with Crippen molar-refractivity contribution < 1.29 is 19.5 Å². The lowest BCUT2D eigenvalue weighted by Gasteiger charge is -2.32. The minimum absolute atomic E-state index is 0.0250. The minimum Gasteiger partial charge on any atom is -0.480 e. The zero-order chi connectivity index (χ0) is 29.1. The van der Waals surface area contributed by atoms with Gasteiger partial charge >= 0.3 is 17.7 Å². The monoisotopic (exact) mass is 596 g/mol. The molecule has 0 bridgehead atoms. The van der Waals surface area contributed by atoms with Crippen LogP contribution in [-0.2, 0) is 11.2 Å². The molecule has 1 aliphatic heterocycles. The van der Waals surface area contributed by atoms with Crippen LogP contribution in [0.25, 0.3) is 10.9 Å². The van der Waals surface area contributed by atoms with Gasteiger partial charge in [0.25, 0.3) is 5.91 Å². The fourth-order valence-corrected chi connectivity index (χ4v) is 5.63. The van der Waals surface area contributed by atoms with E-state index >= 15 is 0 Å². The second-order valence-corrected chi connectivity index (χ2v) is 10.5. The molecule has 3 heterocycles. The highest BCUT2D eigenvalue weighted by molar-refractivity contribution is 6.40. The fourth-order valence-electron chi connectivity index (χ4n) is 5.06. The smallest absolute Gasteiger partial charge is 0.346 e. The first-order valence-electron chi connectivity index (χ1n) is 12.9. The van der Waals surface area contributed by atoms with E-state index in [1.54, 1.807) is 11.0 Å². The lowest BCUT2D eigenvalue weighted by Crippen LogP contribution is -2.50. The van der Waals surface area contributed by atoms with Crippen LogP contribution in [0.5, 0.6) is 0 Å². The normalized spacial score (nSPS) is 14.5. The van der Waals surface area contributed by atoms with Crippen molar-refractivity contribution in [2.24, 2.45) is 0 Å². The average Bonchev–Trinajstić information content (AvgIpc) is 3.38. The zero-order valence-electron chi connectivity index (χ0n) is 21.6. The van der Waals surface area contributed by atoms with E-state index in [4.69, 9.17) is 23.2 Å². The van der Waals surface area contributed by atoms with Crippen molar-refractivity contribution in [3.05, 3.63) is 92.1 Å². The predicted octanol–water partition coefficient (Wildman–Crippen LogP) is 4.40. The van der Waals surface area contributed by atoms with Crippen LogP contribution >= 0.6 is 23.2 Å². The highest BCUT2D eigenvalue weighted by Gasteiger charge is 2.29. The van der Waals surface area contributed by atoms with Crippen molar-refractivity contribution in [3.8, 4) is 0 Å². The third-order valence-electron chi connectivity index (χ3n) is 7.17. The van der Waals surface area contributed by atoms with E-state index < -0.39 is 29.6 Å². The van der Waals surface area contributed by atoms with Crippen LogP contribution in [0.15, 0.2) is 59.7 Å². The number of anilines is 1. The molecule has 5 N–H and O–H groups in total. The maximum Gasteiger partial charge on any atom is 0.346 e. The second kappa shape index (κ2) is 12.0. The fraction of sp³-hybridized carbons (Fsp3) is 0.250. The number of amides is 3. The van der Waals surface area contributed by atoms with Crippen molar-refractivity contribution in [1.82, 2.24) is 25.2 Å². The summed E-state index contributed by atoms with van der Waals surface area (Å²) in [5.41, 5.74) is 1.68. The van der Waals surface area contributed by atoms with Crippen LogP contribution in [0.4, 0.5) is 10.6 Å². The molecule has 1 saturated heterocycles. The Bertz CT molecular complexity index is 1660. The first-order valence-corrected chi connectivity index (χ1v) is 13.6. The Kier molecular flexibility index (Phi) is 8.27. The lowest BCUT2D eigenvalue weighted by molar-refractivity contribution is -0.139. The van der Waals surface area contributed by atoms with Crippen molar-refractivity contribution in [2.75, 3.05) is 18.4 Å². The van der Waals surface area contributed by atoms with E-state index in [1.807, 2.05) is 24.4 Å². The number of hydrogen-bond donors (Lipinski definition) is 5. The maximum absolute atomic E-state index is 13.1. The van der Waals surface area contributed by atoms with Crippen molar-refractivity contribution in [2.45, 2.75) is 31.2 Å². The van der Waals surface area contributed by atoms with E-state index in [0.29, 0.717) is 13.1 Å². The number of hydrogen-bond acceptors (Lipinski definition) is 5. The molecule has 0 aliphatic carbocycles. The number of aromatic nitrogens is 3. The number of rotatable bonds is 7. The standard InChI is InChI=1S/C28H26Cl2N6O5/c29-19-5-3-6-20(30)23(19)25(37)34-24-16(13-32-27(40)35-24)12-22(26(38)39)33-28(41)36-10-8-15(9-11-36)18-14-31-21-7-2-1-4-17(18)21/h1-7,13-15,22,31H,8-12H2,(H,33,41)(H,38,39)(H2,32,34,35,37,40). The molecule has 1 unspecified atom stereocenters. The SMILES string of the molecule is O=C(Nc1nc(=O)[nH]cc1CC(NC(=O)N1CCC(c2c[nH]c3ccccc23)CC1)C(=O)O)c1c(Cl)cccc1Cl. The Morgan fingerprint density at radius 2 is 1.73 bits per heavy atom. The summed E-state index contributed by atoms with van der Waals surface area (Å²) in [7, 11) is 0. The summed E-state index contributed by atoms with van der Waals surface area (Å²) in [6, 6.07) is 10.7. The number of para-hydroxylation sites is 1. The van der Waals surface area contributed by atoms with Crippen molar-refractivity contribution >= 4 is 57.8 Å². The molecule has 0 spiro atoms. The number of aliphatic carboxylic acids is 1. The van der Waals surface area contributed by atoms with E-state index in [-0.39, 0.29) is 39.3 Å². The van der Waals surface area contributed by atoms with E-state index in [0.717, 1.165) is 23.7 Å². The van der Waals surface area contributed by atoms with Gasteiger partial charge in [0.05, 0.1) is 15.6 Å². The van der Waals surface area contributed by atoms with E-state index in [1.165, 1.54) is 23.9 Å². The number of nitrogens with zero attached hydrogens (tertiary/aromatic N) is 2. The Hall–Kier alpha value is -4.35. The molecule has 3 amide bonds. The molecular weight excluding hydrogens is 571 g/mol. The molecule has 13 heteroatoms. The van der Waals surface area contributed by atoms with Crippen LogP contribution in [-0.4, -0.2) is 62.0 Å². The topological polar surface area (TPSA) is 160 Å². The van der Waals surface area contributed by atoms with Gasteiger partial charge in [0, 0.05) is 48.4 Å². The van der Waals surface area contributed by atoms with Crippen molar-refractivity contribution in [3.63, 3.8) is 0 Å². The summed E-state index contributed by atoms with van der Waals surface area (Å²) < 4.78 is 0. The van der Waals surface area contributed by atoms with Gasteiger partial charge in [-0.15, -0.1) is 0 Å². The number of likely N-dealkylation sites (tertiary alicyclic amines) is 1. The van der Waals surface area contributed by atoms with Gasteiger partial charge in [0.2, 0.25) is 0 Å². The third-order valence-corrected chi connectivity index (χ3v) is 7.80. The van der Waals surface area contributed by atoms with E-state index in [2.05, 4.69) is 31.7 Å².